The monoisotopic (exact) mass is 480 g/mol. The van der Waals surface area contributed by atoms with Crippen molar-refractivity contribution in [3.8, 4) is 0 Å². The molecule has 2 aromatic heterocycles. The number of fused-ring (bicyclic) bond motifs is 1. The fraction of sp³-hybridized carbons (Fsp3) is 0.318. The molecule has 1 amide bonds. The van der Waals surface area contributed by atoms with Crippen molar-refractivity contribution < 1.29 is 27.9 Å². The summed E-state index contributed by atoms with van der Waals surface area (Å²) < 4.78 is 33.9. The van der Waals surface area contributed by atoms with Crippen molar-refractivity contribution in [1.29, 1.82) is 0 Å². The Balaban J connectivity index is 0.000000383. The first-order valence-corrected chi connectivity index (χ1v) is 11.0. The van der Waals surface area contributed by atoms with Crippen molar-refractivity contribution in [3.05, 3.63) is 76.2 Å². The number of benzene rings is 1. The molecule has 0 aliphatic carbocycles. The van der Waals surface area contributed by atoms with Gasteiger partial charge >= 0.3 is 12.1 Å². The number of alkyl halides is 3. The Bertz CT molecular complexity index is 1040. The van der Waals surface area contributed by atoms with Gasteiger partial charge in [-0.3, -0.25) is 14.4 Å². The average molecular weight is 481 g/mol. The third-order valence-electron chi connectivity index (χ3n) is 4.95. The van der Waals surface area contributed by atoms with Crippen LogP contribution in [0.4, 0.5) is 13.2 Å². The Morgan fingerprint density at radius 2 is 1.88 bits per heavy atom. The predicted molar refractivity (Wildman–Crippen MR) is 117 cm³/mol. The molecular weight excluding hydrogens is 457 g/mol. The largest absolute Gasteiger partial charge is 0.490 e. The number of aromatic nitrogens is 2. The quantitative estimate of drug-likeness (QED) is 0.558. The summed E-state index contributed by atoms with van der Waals surface area (Å²) in [4.78, 5) is 25.0. The minimum Gasteiger partial charge on any atom is -0.475 e. The Kier molecular flexibility index (Phi) is 8.23. The summed E-state index contributed by atoms with van der Waals surface area (Å²) in [7, 11) is 0. The molecule has 1 aliphatic rings. The maximum atomic E-state index is 12.2. The molecule has 1 unspecified atom stereocenters. The number of rotatable bonds is 6. The van der Waals surface area contributed by atoms with Gasteiger partial charge in [-0.05, 0) is 36.1 Å². The highest BCUT2D eigenvalue weighted by atomic mass is 32.1. The molecular formula is C22H23F3N4O3S. The highest BCUT2D eigenvalue weighted by Crippen LogP contribution is 2.25. The van der Waals surface area contributed by atoms with Gasteiger partial charge in [-0.1, -0.05) is 24.3 Å². The van der Waals surface area contributed by atoms with E-state index in [9.17, 15) is 18.0 Å². The zero-order chi connectivity index (χ0) is 23.8. The molecule has 3 heterocycles. The molecule has 33 heavy (non-hydrogen) atoms. The number of nitrogens with zero attached hydrogens (tertiary/aromatic N) is 3. The van der Waals surface area contributed by atoms with E-state index in [1.807, 2.05) is 36.5 Å². The van der Waals surface area contributed by atoms with Gasteiger partial charge in [0.1, 0.15) is 0 Å². The molecule has 176 valence electrons. The standard InChI is InChI=1S/C20H22N4OS.C2HF3O2/c25-20(16-5-2-1-3-6-16)21-10-8-17-13-23(15-19-7-4-12-26-19)14-18-9-11-22-24(17)18;3-2(4,5)1(6)7/h1-7,9,11-12,17H,8,10,13-15H2,(H,21,25);(H,6,7). The van der Waals surface area contributed by atoms with Gasteiger partial charge in [-0.2, -0.15) is 18.3 Å². The van der Waals surface area contributed by atoms with Crippen molar-refractivity contribution in [3.63, 3.8) is 0 Å². The molecule has 0 bridgehead atoms. The molecule has 0 radical (unpaired) electrons. The number of carboxylic acids is 1. The average Bonchev–Trinajstić information content (AvgIpc) is 3.46. The number of hydrogen-bond donors (Lipinski definition) is 2. The maximum absolute atomic E-state index is 12.2. The number of amides is 1. The molecule has 7 nitrogen and oxygen atoms in total. The number of carboxylic acid groups (broad SMARTS) is 1. The molecule has 0 saturated heterocycles. The van der Waals surface area contributed by atoms with E-state index in [0.29, 0.717) is 12.1 Å². The van der Waals surface area contributed by atoms with E-state index in [2.05, 4.69) is 43.6 Å². The third-order valence-corrected chi connectivity index (χ3v) is 5.81. The van der Waals surface area contributed by atoms with E-state index in [1.165, 1.54) is 10.6 Å². The first kappa shape index (κ1) is 24.5. The van der Waals surface area contributed by atoms with Crippen molar-refractivity contribution in [1.82, 2.24) is 20.0 Å². The van der Waals surface area contributed by atoms with Gasteiger partial charge in [0.2, 0.25) is 0 Å². The molecule has 4 rings (SSSR count). The number of carbonyl (C=O) groups excluding carboxylic acids is 1. The van der Waals surface area contributed by atoms with Crippen LogP contribution in [0.3, 0.4) is 0 Å². The zero-order valence-electron chi connectivity index (χ0n) is 17.5. The summed E-state index contributed by atoms with van der Waals surface area (Å²) in [6.45, 7) is 3.48. The molecule has 1 atom stereocenters. The lowest BCUT2D eigenvalue weighted by molar-refractivity contribution is -0.192. The second-order valence-corrected chi connectivity index (χ2v) is 8.42. The third kappa shape index (κ3) is 7.16. The Hall–Kier alpha value is -3.18. The first-order valence-electron chi connectivity index (χ1n) is 10.1. The zero-order valence-corrected chi connectivity index (χ0v) is 18.4. The van der Waals surface area contributed by atoms with Crippen LogP contribution < -0.4 is 5.32 Å². The van der Waals surface area contributed by atoms with E-state index in [1.54, 1.807) is 11.3 Å². The number of carbonyl (C=O) groups is 2. The van der Waals surface area contributed by atoms with Crippen LogP contribution in [0, 0.1) is 0 Å². The van der Waals surface area contributed by atoms with Crippen LogP contribution in [-0.4, -0.2) is 50.9 Å². The normalized spacial score (nSPS) is 15.8. The highest BCUT2D eigenvalue weighted by Gasteiger charge is 2.38. The Labute approximate surface area is 192 Å². The summed E-state index contributed by atoms with van der Waals surface area (Å²) in [5.41, 5.74) is 1.95. The lowest BCUT2D eigenvalue weighted by Crippen LogP contribution is -2.38. The smallest absolute Gasteiger partial charge is 0.475 e. The van der Waals surface area contributed by atoms with E-state index in [4.69, 9.17) is 9.90 Å². The summed E-state index contributed by atoms with van der Waals surface area (Å²) in [5.74, 6) is -2.77. The number of halogens is 3. The van der Waals surface area contributed by atoms with Crippen LogP contribution in [0.2, 0.25) is 0 Å². The molecule has 3 aromatic rings. The topological polar surface area (TPSA) is 87.5 Å². The van der Waals surface area contributed by atoms with E-state index < -0.39 is 12.1 Å². The van der Waals surface area contributed by atoms with E-state index >= 15 is 0 Å². The predicted octanol–water partition coefficient (Wildman–Crippen LogP) is 3.95. The Morgan fingerprint density at radius 3 is 2.52 bits per heavy atom. The summed E-state index contributed by atoms with van der Waals surface area (Å²) >= 11 is 1.80. The molecule has 0 fully saturated rings. The van der Waals surface area contributed by atoms with Gasteiger partial charge in [-0.15, -0.1) is 11.3 Å². The van der Waals surface area contributed by atoms with Crippen LogP contribution in [-0.2, 0) is 17.9 Å². The number of nitrogens with one attached hydrogen (secondary N) is 1. The molecule has 1 aromatic carbocycles. The SMILES string of the molecule is O=C(NCCC1CN(Cc2cccs2)Cc2ccnn21)c1ccccc1.O=C(O)C(F)(F)F. The van der Waals surface area contributed by atoms with Crippen LogP contribution in [0.25, 0.3) is 0 Å². The first-order chi connectivity index (χ1) is 15.7. The molecule has 2 N–H and O–H groups in total. The van der Waals surface area contributed by atoms with Crippen molar-refractivity contribution in [2.45, 2.75) is 31.7 Å². The maximum Gasteiger partial charge on any atom is 0.490 e. The minimum atomic E-state index is -5.08. The van der Waals surface area contributed by atoms with Crippen molar-refractivity contribution in [2.24, 2.45) is 0 Å². The van der Waals surface area contributed by atoms with Gasteiger partial charge < -0.3 is 10.4 Å². The van der Waals surface area contributed by atoms with Crippen molar-refractivity contribution >= 4 is 23.2 Å². The highest BCUT2D eigenvalue weighted by molar-refractivity contribution is 7.09. The van der Waals surface area contributed by atoms with Crippen LogP contribution in [0.15, 0.2) is 60.1 Å². The Morgan fingerprint density at radius 1 is 1.15 bits per heavy atom. The molecule has 0 saturated carbocycles. The van der Waals surface area contributed by atoms with Crippen LogP contribution in [0.1, 0.15) is 33.4 Å². The fourth-order valence-electron chi connectivity index (χ4n) is 3.47. The lowest BCUT2D eigenvalue weighted by atomic mass is 10.1. The molecule has 11 heteroatoms. The summed E-state index contributed by atoms with van der Waals surface area (Å²) in [5, 5.41) is 16.8. The fourth-order valence-corrected chi connectivity index (χ4v) is 4.21. The number of hydrogen-bond acceptors (Lipinski definition) is 5. The van der Waals surface area contributed by atoms with Crippen LogP contribution in [0.5, 0.6) is 0 Å². The molecule has 0 spiro atoms. The number of aliphatic carboxylic acids is 1. The summed E-state index contributed by atoms with van der Waals surface area (Å²) in [6, 6.07) is 16.0. The second-order valence-electron chi connectivity index (χ2n) is 7.38. The minimum absolute atomic E-state index is 0.0162. The second kappa shape index (κ2) is 11.1. The summed E-state index contributed by atoms with van der Waals surface area (Å²) in [6.07, 6.45) is -2.34. The van der Waals surface area contributed by atoms with Gasteiger partial charge in [0.25, 0.3) is 5.91 Å². The van der Waals surface area contributed by atoms with Gasteiger partial charge in [-0.25, -0.2) is 4.79 Å². The van der Waals surface area contributed by atoms with E-state index in [0.717, 1.165) is 26.1 Å². The molecule has 1 aliphatic heterocycles. The van der Waals surface area contributed by atoms with Gasteiger partial charge in [0, 0.05) is 42.8 Å². The van der Waals surface area contributed by atoms with E-state index in [-0.39, 0.29) is 11.9 Å². The van der Waals surface area contributed by atoms with Crippen LogP contribution >= 0.6 is 11.3 Å². The van der Waals surface area contributed by atoms with Crippen molar-refractivity contribution in [2.75, 3.05) is 13.1 Å². The lowest BCUT2D eigenvalue weighted by Gasteiger charge is -2.33. The van der Waals surface area contributed by atoms with Gasteiger partial charge in [0.05, 0.1) is 11.7 Å². The number of thiophene rings is 1. The van der Waals surface area contributed by atoms with Gasteiger partial charge in [0.15, 0.2) is 0 Å².